The van der Waals surface area contributed by atoms with Crippen molar-refractivity contribution < 1.29 is 18.4 Å². The molecule has 1 aliphatic rings. The number of nitrogens with zero attached hydrogens (tertiary/aromatic N) is 2. The molecule has 1 saturated heterocycles. The van der Waals surface area contributed by atoms with E-state index in [0.717, 1.165) is 12.8 Å². The Bertz CT molecular complexity index is 931. The maximum atomic E-state index is 13.4. The van der Waals surface area contributed by atoms with E-state index in [1.54, 1.807) is 58.7 Å². The quantitative estimate of drug-likeness (QED) is 0.577. The Labute approximate surface area is 180 Å². The number of rotatable bonds is 6. The maximum Gasteiger partial charge on any atom is 0.253 e. The van der Waals surface area contributed by atoms with Crippen LogP contribution in [0.25, 0.3) is 0 Å². The van der Waals surface area contributed by atoms with E-state index in [1.165, 1.54) is 0 Å². The van der Waals surface area contributed by atoms with Crippen LogP contribution in [0.15, 0.2) is 69.9 Å². The molecule has 1 fully saturated rings. The van der Waals surface area contributed by atoms with Crippen molar-refractivity contribution in [3.05, 3.63) is 83.2 Å². The standard InChI is InChI=1S/C23H23ClN2O4/c24-19-9-7-17(8-10-19)22(27)25-11-1-4-18(14-25)23(28)26(15-20-5-2-12-29-20)16-21-6-3-13-30-21/h2-3,5-10,12-13,18H,1,4,11,14-16H2. The molecular weight excluding hydrogens is 404 g/mol. The highest BCUT2D eigenvalue weighted by atomic mass is 35.5. The molecule has 4 rings (SSSR count). The van der Waals surface area contributed by atoms with Crippen LogP contribution in [-0.2, 0) is 17.9 Å². The molecule has 1 unspecified atom stereocenters. The number of halogens is 1. The molecule has 3 heterocycles. The van der Waals surface area contributed by atoms with Gasteiger partial charge in [0.1, 0.15) is 11.5 Å². The second kappa shape index (κ2) is 9.22. The average Bonchev–Trinajstić information content (AvgIpc) is 3.47. The van der Waals surface area contributed by atoms with Crippen LogP contribution < -0.4 is 0 Å². The molecule has 6 nitrogen and oxygen atoms in total. The van der Waals surface area contributed by atoms with Gasteiger partial charge in [-0.25, -0.2) is 0 Å². The van der Waals surface area contributed by atoms with Crippen molar-refractivity contribution >= 4 is 23.4 Å². The minimum Gasteiger partial charge on any atom is -0.467 e. The Morgan fingerprint density at radius 2 is 1.63 bits per heavy atom. The van der Waals surface area contributed by atoms with Crippen LogP contribution in [0.3, 0.4) is 0 Å². The van der Waals surface area contributed by atoms with Gasteiger partial charge in [0.2, 0.25) is 5.91 Å². The smallest absolute Gasteiger partial charge is 0.253 e. The Morgan fingerprint density at radius 1 is 1.00 bits per heavy atom. The van der Waals surface area contributed by atoms with E-state index >= 15 is 0 Å². The number of piperidine rings is 1. The van der Waals surface area contributed by atoms with Crippen LogP contribution in [0.2, 0.25) is 5.02 Å². The van der Waals surface area contributed by atoms with E-state index in [2.05, 4.69) is 0 Å². The molecule has 0 N–H and O–H groups in total. The summed E-state index contributed by atoms with van der Waals surface area (Å²) in [6.45, 7) is 1.75. The van der Waals surface area contributed by atoms with E-state index in [4.69, 9.17) is 20.4 Å². The van der Waals surface area contributed by atoms with Gasteiger partial charge in [-0.3, -0.25) is 9.59 Å². The zero-order chi connectivity index (χ0) is 20.9. The molecule has 0 spiro atoms. The average molecular weight is 427 g/mol. The lowest BCUT2D eigenvalue weighted by Crippen LogP contribution is -2.46. The molecule has 1 aromatic carbocycles. The van der Waals surface area contributed by atoms with Crippen LogP contribution in [0.1, 0.15) is 34.7 Å². The van der Waals surface area contributed by atoms with Gasteiger partial charge in [0.25, 0.3) is 5.91 Å². The number of hydrogen-bond acceptors (Lipinski definition) is 4. The largest absolute Gasteiger partial charge is 0.467 e. The zero-order valence-corrected chi connectivity index (χ0v) is 17.3. The summed E-state index contributed by atoms with van der Waals surface area (Å²) < 4.78 is 10.9. The minimum atomic E-state index is -0.264. The van der Waals surface area contributed by atoms with Gasteiger partial charge in [0.05, 0.1) is 31.5 Å². The number of benzene rings is 1. The van der Waals surface area contributed by atoms with Gasteiger partial charge in [-0.15, -0.1) is 0 Å². The molecule has 0 aliphatic carbocycles. The van der Waals surface area contributed by atoms with Crippen molar-refractivity contribution in [1.29, 1.82) is 0 Å². The molecule has 30 heavy (non-hydrogen) atoms. The van der Waals surface area contributed by atoms with Crippen LogP contribution in [-0.4, -0.2) is 34.7 Å². The van der Waals surface area contributed by atoms with Crippen molar-refractivity contribution in [2.45, 2.75) is 25.9 Å². The topological polar surface area (TPSA) is 66.9 Å². The fourth-order valence-electron chi connectivity index (χ4n) is 3.79. The molecule has 0 saturated carbocycles. The summed E-state index contributed by atoms with van der Waals surface area (Å²) in [5, 5.41) is 0.588. The molecule has 0 radical (unpaired) electrons. The third-order valence-corrected chi connectivity index (χ3v) is 5.57. The van der Waals surface area contributed by atoms with Gasteiger partial charge in [0, 0.05) is 23.7 Å². The van der Waals surface area contributed by atoms with Crippen molar-refractivity contribution in [3.63, 3.8) is 0 Å². The summed E-state index contributed by atoms with van der Waals surface area (Å²) in [6.07, 6.45) is 4.72. The number of likely N-dealkylation sites (tertiary alicyclic amines) is 1. The second-order valence-electron chi connectivity index (χ2n) is 7.45. The maximum absolute atomic E-state index is 13.4. The van der Waals surface area contributed by atoms with Gasteiger partial charge < -0.3 is 18.6 Å². The summed E-state index contributed by atoms with van der Waals surface area (Å²) in [4.78, 5) is 29.8. The lowest BCUT2D eigenvalue weighted by Gasteiger charge is -2.34. The molecular formula is C23H23ClN2O4. The van der Waals surface area contributed by atoms with Crippen LogP contribution >= 0.6 is 11.6 Å². The third-order valence-electron chi connectivity index (χ3n) is 5.31. The molecule has 1 aliphatic heterocycles. The molecule has 2 amide bonds. The first kappa shape index (κ1) is 20.3. The Kier molecular flexibility index (Phi) is 6.23. The summed E-state index contributed by atoms with van der Waals surface area (Å²) >= 11 is 5.93. The first-order chi connectivity index (χ1) is 14.6. The first-order valence-corrected chi connectivity index (χ1v) is 10.4. The number of furan rings is 2. The highest BCUT2D eigenvalue weighted by molar-refractivity contribution is 6.30. The second-order valence-corrected chi connectivity index (χ2v) is 7.89. The summed E-state index contributed by atoms with van der Waals surface area (Å²) in [7, 11) is 0. The Balaban J connectivity index is 1.47. The number of hydrogen-bond donors (Lipinski definition) is 0. The summed E-state index contributed by atoms with van der Waals surface area (Å²) in [6, 6.07) is 14.1. The van der Waals surface area contributed by atoms with Crippen molar-refractivity contribution in [2.75, 3.05) is 13.1 Å². The van der Waals surface area contributed by atoms with Gasteiger partial charge in [-0.1, -0.05) is 11.6 Å². The lowest BCUT2D eigenvalue weighted by atomic mass is 9.95. The van der Waals surface area contributed by atoms with Crippen molar-refractivity contribution in [3.8, 4) is 0 Å². The normalized spacial score (nSPS) is 16.4. The van der Waals surface area contributed by atoms with Gasteiger partial charge in [-0.2, -0.15) is 0 Å². The molecule has 3 aromatic rings. The number of carbonyl (C=O) groups excluding carboxylic acids is 2. The van der Waals surface area contributed by atoms with Crippen LogP contribution in [0, 0.1) is 5.92 Å². The van der Waals surface area contributed by atoms with E-state index < -0.39 is 0 Å². The summed E-state index contributed by atoms with van der Waals surface area (Å²) in [5.74, 6) is 1.07. The highest BCUT2D eigenvalue weighted by Gasteiger charge is 2.32. The first-order valence-electron chi connectivity index (χ1n) is 9.98. The predicted molar refractivity (Wildman–Crippen MR) is 112 cm³/mol. The molecule has 0 bridgehead atoms. The number of amides is 2. The van der Waals surface area contributed by atoms with E-state index in [9.17, 15) is 9.59 Å². The van der Waals surface area contributed by atoms with Crippen LogP contribution in [0.5, 0.6) is 0 Å². The van der Waals surface area contributed by atoms with E-state index in [1.807, 2.05) is 12.1 Å². The number of carbonyl (C=O) groups is 2. The molecule has 2 aromatic heterocycles. The van der Waals surface area contributed by atoms with Crippen molar-refractivity contribution in [2.24, 2.45) is 5.92 Å². The van der Waals surface area contributed by atoms with Crippen molar-refractivity contribution in [1.82, 2.24) is 9.80 Å². The predicted octanol–water partition coefficient (Wildman–Crippen LogP) is 4.61. The van der Waals surface area contributed by atoms with E-state index in [-0.39, 0.29) is 17.7 Å². The van der Waals surface area contributed by atoms with Crippen LogP contribution in [0.4, 0.5) is 0 Å². The highest BCUT2D eigenvalue weighted by Crippen LogP contribution is 2.23. The minimum absolute atomic E-state index is 0.00333. The third kappa shape index (κ3) is 4.76. The fourth-order valence-corrected chi connectivity index (χ4v) is 3.92. The molecule has 156 valence electrons. The SMILES string of the molecule is O=C(c1ccc(Cl)cc1)N1CCCC(C(=O)N(Cc2ccco2)Cc2ccco2)C1. The van der Waals surface area contributed by atoms with Gasteiger partial charge >= 0.3 is 0 Å². The molecule has 1 atom stereocenters. The fraction of sp³-hybridized carbons (Fsp3) is 0.304. The Hall–Kier alpha value is -2.99. The monoisotopic (exact) mass is 426 g/mol. The molecule has 7 heteroatoms. The van der Waals surface area contributed by atoms with Gasteiger partial charge in [-0.05, 0) is 61.4 Å². The van der Waals surface area contributed by atoms with E-state index in [0.29, 0.717) is 48.3 Å². The lowest BCUT2D eigenvalue weighted by molar-refractivity contribution is -0.138. The summed E-state index contributed by atoms with van der Waals surface area (Å²) in [5.41, 5.74) is 0.579. The zero-order valence-electron chi connectivity index (χ0n) is 16.5. The van der Waals surface area contributed by atoms with Gasteiger partial charge in [0.15, 0.2) is 0 Å². The Morgan fingerprint density at radius 3 is 2.20 bits per heavy atom.